The Balaban J connectivity index is 1.82. The molecule has 1 amide bonds. The fourth-order valence-electron chi connectivity index (χ4n) is 3.71. The Morgan fingerprint density at radius 3 is 2.34 bits per heavy atom. The van der Waals surface area contributed by atoms with Gasteiger partial charge in [-0.3, -0.25) is 9.48 Å². The van der Waals surface area contributed by atoms with Crippen LogP contribution in [0.3, 0.4) is 0 Å². The number of carbonyl (C=O) groups excluding carboxylic acids is 1. The Labute approximate surface area is 171 Å². The number of hydrogen-bond donors (Lipinski definition) is 0. The van der Waals surface area contributed by atoms with Crippen LogP contribution in [0.5, 0.6) is 11.5 Å². The lowest BCUT2D eigenvalue weighted by Crippen LogP contribution is -2.27. The van der Waals surface area contributed by atoms with Gasteiger partial charge in [-0.2, -0.15) is 5.10 Å². The first kappa shape index (κ1) is 21.2. The third kappa shape index (κ3) is 4.39. The summed E-state index contributed by atoms with van der Waals surface area (Å²) >= 11 is 0. The number of aromatic nitrogens is 2. The lowest BCUT2D eigenvalue weighted by atomic mass is 10.1. The SMILES string of the molecule is COc1cc(OC)cc(C(=O)N(C)Cc2c(C)nn([C@@H]3CCS(=O)(=O)C3)c2C)c1. The van der Waals surface area contributed by atoms with Crippen molar-refractivity contribution in [1.82, 2.24) is 14.7 Å². The van der Waals surface area contributed by atoms with Gasteiger partial charge < -0.3 is 14.4 Å². The molecule has 29 heavy (non-hydrogen) atoms. The predicted octanol–water partition coefficient (Wildman–Crippen LogP) is 2.15. The number of rotatable bonds is 6. The summed E-state index contributed by atoms with van der Waals surface area (Å²) in [6.45, 7) is 4.18. The number of aryl methyl sites for hydroxylation is 1. The van der Waals surface area contributed by atoms with Crippen LogP contribution >= 0.6 is 0 Å². The second-order valence-corrected chi connectivity index (χ2v) is 9.64. The molecule has 2 aromatic rings. The molecule has 2 heterocycles. The highest BCUT2D eigenvalue weighted by molar-refractivity contribution is 7.91. The van der Waals surface area contributed by atoms with Crippen molar-refractivity contribution in [2.45, 2.75) is 32.9 Å². The van der Waals surface area contributed by atoms with Gasteiger partial charge in [0.1, 0.15) is 11.5 Å². The first-order valence-corrected chi connectivity index (χ1v) is 11.2. The molecule has 0 saturated carbocycles. The fourth-order valence-corrected chi connectivity index (χ4v) is 5.40. The number of amides is 1. The minimum absolute atomic E-state index is 0.118. The number of ether oxygens (including phenoxy) is 2. The lowest BCUT2D eigenvalue weighted by molar-refractivity contribution is 0.0784. The normalized spacial score (nSPS) is 17.9. The summed E-state index contributed by atoms with van der Waals surface area (Å²) in [5.41, 5.74) is 3.09. The van der Waals surface area contributed by atoms with E-state index in [1.807, 2.05) is 18.5 Å². The maximum absolute atomic E-state index is 13.0. The monoisotopic (exact) mass is 421 g/mol. The highest BCUT2D eigenvalue weighted by Gasteiger charge is 2.31. The van der Waals surface area contributed by atoms with Gasteiger partial charge in [-0.15, -0.1) is 0 Å². The highest BCUT2D eigenvalue weighted by atomic mass is 32.2. The zero-order valence-electron chi connectivity index (χ0n) is 17.4. The summed E-state index contributed by atoms with van der Waals surface area (Å²) in [5.74, 6) is 1.23. The van der Waals surface area contributed by atoms with Gasteiger partial charge in [0, 0.05) is 36.5 Å². The van der Waals surface area contributed by atoms with Gasteiger partial charge in [-0.1, -0.05) is 0 Å². The van der Waals surface area contributed by atoms with Crippen LogP contribution in [0.15, 0.2) is 18.2 Å². The number of methoxy groups -OCH3 is 2. The van der Waals surface area contributed by atoms with Crippen molar-refractivity contribution < 1.29 is 22.7 Å². The van der Waals surface area contributed by atoms with Crippen LogP contribution in [0.2, 0.25) is 0 Å². The van der Waals surface area contributed by atoms with E-state index in [0.29, 0.717) is 30.0 Å². The average Bonchev–Trinajstić information content (AvgIpc) is 3.19. The Bertz CT molecular complexity index is 1010. The zero-order valence-corrected chi connectivity index (χ0v) is 18.2. The Kier molecular flexibility index (Phi) is 5.88. The molecule has 0 unspecified atom stereocenters. The fraction of sp³-hybridized carbons (Fsp3) is 0.500. The summed E-state index contributed by atoms with van der Waals surface area (Å²) in [6, 6.07) is 4.92. The molecule has 1 atom stereocenters. The summed E-state index contributed by atoms with van der Waals surface area (Å²) < 4.78 is 36.0. The van der Waals surface area contributed by atoms with Crippen molar-refractivity contribution in [2.24, 2.45) is 0 Å². The standard InChI is InChI=1S/C20H27N3O5S/c1-13-19(14(2)23(21-13)16-6-7-29(25,26)12-16)11-22(3)20(24)15-8-17(27-4)10-18(9-15)28-5/h8-10,16H,6-7,11-12H2,1-5H3/t16-/m1/s1. The molecular weight excluding hydrogens is 394 g/mol. The van der Waals surface area contributed by atoms with Crippen LogP contribution in [0, 0.1) is 13.8 Å². The van der Waals surface area contributed by atoms with Gasteiger partial charge in [-0.05, 0) is 32.4 Å². The first-order chi connectivity index (χ1) is 13.6. The molecule has 1 saturated heterocycles. The van der Waals surface area contributed by atoms with E-state index in [4.69, 9.17) is 9.47 Å². The molecule has 0 bridgehead atoms. The van der Waals surface area contributed by atoms with Crippen LogP contribution < -0.4 is 9.47 Å². The van der Waals surface area contributed by atoms with Crippen LogP contribution in [0.4, 0.5) is 0 Å². The van der Waals surface area contributed by atoms with E-state index in [1.54, 1.807) is 30.1 Å². The second-order valence-electron chi connectivity index (χ2n) is 7.41. The summed E-state index contributed by atoms with van der Waals surface area (Å²) in [6.07, 6.45) is 0.572. The molecule has 158 valence electrons. The van der Waals surface area contributed by atoms with Gasteiger partial charge in [0.2, 0.25) is 0 Å². The quantitative estimate of drug-likeness (QED) is 0.710. The third-order valence-corrected chi connectivity index (χ3v) is 7.12. The molecule has 1 aromatic carbocycles. The van der Waals surface area contributed by atoms with E-state index >= 15 is 0 Å². The topological polar surface area (TPSA) is 90.7 Å². The van der Waals surface area contributed by atoms with E-state index in [1.165, 1.54) is 14.2 Å². The van der Waals surface area contributed by atoms with Crippen molar-refractivity contribution >= 4 is 15.7 Å². The van der Waals surface area contributed by atoms with Crippen molar-refractivity contribution in [1.29, 1.82) is 0 Å². The van der Waals surface area contributed by atoms with Gasteiger partial charge in [0.15, 0.2) is 9.84 Å². The van der Waals surface area contributed by atoms with Gasteiger partial charge in [-0.25, -0.2) is 8.42 Å². The van der Waals surface area contributed by atoms with Crippen LogP contribution in [0.1, 0.15) is 39.8 Å². The molecule has 0 aliphatic carbocycles. The minimum Gasteiger partial charge on any atom is -0.497 e. The first-order valence-electron chi connectivity index (χ1n) is 9.38. The molecule has 0 radical (unpaired) electrons. The largest absolute Gasteiger partial charge is 0.497 e. The van der Waals surface area contributed by atoms with Crippen molar-refractivity contribution in [3.05, 3.63) is 40.7 Å². The minimum atomic E-state index is -3.00. The average molecular weight is 422 g/mol. The van der Waals surface area contributed by atoms with E-state index < -0.39 is 9.84 Å². The van der Waals surface area contributed by atoms with E-state index in [0.717, 1.165) is 17.0 Å². The molecule has 1 aliphatic rings. The summed E-state index contributed by atoms with van der Waals surface area (Å²) in [4.78, 5) is 14.6. The maximum atomic E-state index is 13.0. The predicted molar refractivity (Wildman–Crippen MR) is 109 cm³/mol. The van der Waals surface area contributed by atoms with Crippen LogP contribution in [0.25, 0.3) is 0 Å². The van der Waals surface area contributed by atoms with E-state index in [9.17, 15) is 13.2 Å². The Morgan fingerprint density at radius 1 is 1.21 bits per heavy atom. The van der Waals surface area contributed by atoms with Crippen LogP contribution in [-0.4, -0.2) is 61.8 Å². The Hall–Kier alpha value is -2.55. The number of carbonyl (C=O) groups is 1. The maximum Gasteiger partial charge on any atom is 0.254 e. The van der Waals surface area contributed by atoms with Crippen LogP contribution in [-0.2, 0) is 16.4 Å². The molecule has 8 nitrogen and oxygen atoms in total. The zero-order chi connectivity index (χ0) is 21.3. The molecular formula is C20H27N3O5S. The molecule has 0 spiro atoms. The number of benzene rings is 1. The van der Waals surface area contributed by atoms with Crippen molar-refractivity contribution in [3.63, 3.8) is 0 Å². The van der Waals surface area contributed by atoms with E-state index in [-0.39, 0.29) is 23.5 Å². The second kappa shape index (κ2) is 8.06. The van der Waals surface area contributed by atoms with Crippen molar-refractivity contribution in [2.75, 3.05) is 32.8 Å². The number of sulfone groups is 1. The lowest BCUT2D eigenvalue weighted by Gasteiger charge is -2.19. The van der Waals surface area contributed by atoms with Gasteiger partial charge in [0.05, 0.1) is 37.5 Å². The van der Waals surface area contributed by atoms with Gasteiger partial charge >= 0.3 is 0 Å². The molecule has 1 fully saturated rings. The van der Waals surface area contributed by atoms with E-state index in [2.05, 4.69) is 5.10 Å². The molecule has 3 rings (SSSR count). The molecule has 0 N–H and O–H groups in total. The third-order valence-electron chi connectivity index (χ3n) is 5.37. The smallest absolute Gasteiger partial charge is 0.254 e. The molecule has 1 aliphatic heterocycles. The van der Waals surface area contributed by atoms with Gasteiger partial charge in [0.25, 0.3) is 5.91 Å². The van der Waals surface area contributed by atoms with Crippen molar-refractivity contribution in [3.8, 4) is 11.5 Å². The Morgan fingerprint density at radius 2 is 1.83 bits per heavy atom. The molecule has 9 heteroatoms. The number of hydrogen-bond acceptors (Lipinski definition) is 6. The summed E-state index contributed by atoms with van der Waals surface area (Å²) in [5, 5.41) is 4.57. The highest BCUT2D eigenvalue weighted by Crippen LogP contribution is 2.28. The summed E-state index contributed by atoms with van der Waals surface area (Å²) in [7, 11) is 1.81. The molecule has 1 aromatic heterocycles. The number of nitrogens with zero attached hydrogens (tertiary/aromatic N) is 3.